The van der Waals surface area contributed by atoms with Crippen LogP contribution in [0.2, 0.25) is 0 Å². The van der Waals surface area contributed by atoms with E-state index in [9.17, 15) is 0 Å². The largest absolute Gasteiger partial charge is 0.373 e. The molecular formula is C15H22N2O. The number of ether oxygens (including phenoxy) is 1. The van der Waals surface area contributed by atoms with Crippen LogP contribution in [0.25, 0.3) is 0 Å². The Hall–Kier alpha value is -0.930. The standard InChI is InChI=1S/C15H22N2O/c1-11-4-5-13(17-12(11)2)9-16-14-8-15(18-10-14)6-3-7-15/h4-5,14,16H,3,6-10H2,1-2H3. The third kappa shape index (κ3) is 2.29. The SMILES string of the molecule is Cc1ccc(CNC2COC3(CCC3)C2)nc1C. The number of nitrogens with zero attached hydrogens (tertiary/aromatic N) is 1. The van der Waals surface area contributed by atoms with Gasteiger partial charge in [0.15, 0.2) is 0 Å². The van der Waals surface area contributed by atoms with Crippen LogP contribution in [0.15, 0.2) is 12.1 Å². The highest BCUT2D eigenvalue weighted by Crippen LogP contribution is 2.43. The highest BCUT2D eigenvalue weighted by Gasteiger charge is 2.44. The molecule has 3 rings (SSSR count). The first kappa shape index (κ1) is 12.1. The zero-order valence-corrected chi connectivity index (χ0v) is 11.3. The van der Waals surface area contributed by atoms with Crippen LogP contribution in [0.5, 0.6) is 0 Å². The minimum Gasteiger partial charge on any atom is -0.373 e. The van der Waals surface area contributed by atoms with Crippen molar-refractivity contribution in [3.63, 3.8) is 0 Å². The van der Waals surface area contributed by atoms with Crippen LogP contribution in [-0.4, -0.2) is 23.2 Å². The van der Waals surface area contributed by atoms with E-state index in [0.29, 0.717) is 6.04 Å². The summed E-state index contributed by atoms with van der Waals surface area (Å²) in [5.74, 6) is 0. The number of pyridine rings is 1. The molecule has 3 heteroatoms. The maximum atomic E-state index is 5.94. The lowest BCUT2D eigenvalue weighted by atomic mass is 9.77. The van der Waals surface area contributed by atoms with Crippen molar-refractivity contribution in [1.29, 1.82) is 0 Å². The Morgan fingerprint density at radius 1 is 1.39 bits per heavy atom. The number of rotatable bonds is 3. The van der Waals surface area contributed by atoms with Gasteiger partial charge in [-0.3, -0.25) is 4.98 Å². The topological polar surface area (TPSA) is 34.1 Å². The Morgan fingerprint density at radius 2 is 2.22 bits per heavy atom. The summed E-state index contributed by atoms with van der Waals surface area (Å²) in [6.45, 7) is 5.89. The minimum absolute atomic E-state index is 0.244. The van der Waals surface area contributed by atoms with Crippen LogP contribution in [0.4, 0.5) is 0 Å². The summed E-state index contributed by atoms with van der Waals surface area (Å²) in [5, 5.41) is 3.58. The molecule has 0 aromatic carbocycles. The summed E-state index contributed by atoms with van der Waals surface area (Å²) >= 11 is 0. The third-order valence-corrected chi connectivity index (χ3v) is 4.45. The number of aromatic nitrogens is 1. The molecular weight excluding hydrogens is 224 g/mol. The summed E-state index contributed by atoms with van der Waals surface area (Å²) in [5.41, 5.74) is 3.77. The van der Waals surface area contributed by atoms with Gasteiger partial charge in [-0.15, -0.1) is 0 Å². The number of hydrogen-bond acceptors (Lipinski definition) is 3. The lowest BCUT2D eigenvalue weighted by molar-refractivity contribution is -0.0563. The van der Waals surface area contributed by atoms with Crippen LogP contribution in [0, 0.1) is 13.8 Å². The summed E-state index contributed by atoms with van der Waals surface area (Å²) in [7, 11) is 0. The molecule has 0 bridgehead atoms. The van der Waals surface area contributed by atoms with Crippen molar-refractivity contribution in [2.75, 3.05) is 6.61 Å². The highest BCUT2D eigenvalue weighted by molar-refractivity contribution is 5.20. The van der Waals surface area contributed by atoms with Crippen LogP contribution >= 0.6 is 0 Å². The summed E-state index contributed by atoms with van der Waals surface area (Å²) < 4.78 is 5.94. The summed E-state index contributed by atoms with van der Waals surface area (Å²) in [4.78, 5) is 4.60. The first-order valence-electron chi connectivity index (χ1n) is 6.97. The zero-order valence-electron chi connectivity index (χ0n) is 11.3. The van der Waals surface area contributed by atoms with Crippen molar-refractivity contribution in [3.8, 4) is 0 Å². The molecule has 1 unspecified atom stereocenters. The molecule has 1 atom stereocenters. The summed E-state index contributed by atoms with van der Waals surface area (Å²) in [6.07, 6.45) is 5.03. The fourth-order valence-electron chi connectivity index (χ4n) is 2.92. The fourth-order valence-corrected chi connectivity index (χ4v) is 2.92. The van der Waals surface area contributed by atoms with Crippen molar-refractivity contribution in [3.05, 3.63) is 29.1 Å². The van der Waals surface area contributed by atoms with Gasteiger partial charge in [-0.2, -0.15) is 0 Å². The van der Waals surface area contributed by atoms with E-state index in [1.165, 1.54) is 31.2 Å². The Morgan fingerprint density at radius 3 is 2.83 bits per heavy atom. The maximum absolute atomic E-state index is 5.94. The quantitative estimate of drug-likeness (QED) is 0.889. The van der Waals surface area contributed by atoms with E-state index in [4.69, 9.17) is 4.74 Å². The molecule has 2 fully saturated rings. The molecule has 2 heterocycles. The third-order valence-electron chi connectivity index (χ3n) is 4.45. The van der Waals surface area contributed by atoms with E-state index in [-0.39, 0.29) is 5.60 Å². The molecule has 0 amide bonds. The van der Waals surface area contributed by atoms with Gasteiger partial charge < -0.3 is 10.1 Å². The van der Waals surface area contributed by atoms with Gasteiger partial charge in [-0.25, -0.2) is 0 Å². The van der Waals surface area contributed by atoms with Crippen LogP contribution in [0.1, 0.15) is 42.6 Å². The van der Waals surface area contributed by atoms with E-state index in [2.05, 4.69) is 36.3 Å². The summed E-state index contributed by atoms with van der Waals surface area (Å²) in [6, 6.07) is 4.77. The first-order valence-corrected chi connectivity index (χ1v) is 6.97. The molecule has 18 heavy (non-hydrogen) atoms. The monoisotopic (exact) mass is 246 g/mol. The van der Waals surface area contributed by atoms with Crippen molar-refractivity contribution < 1.29 is 4.74 Å². The van der Waals surface area contributed by atoms with Crippen LogP contribution in [-0.2, 0) is 11.3 Å². The molecule has 1 aliphatic carbocycles. The molecule has 1 aromatic rings. The molecule has 2 aliphatic rings. The van der Waals surface area contributed by atoms with Gasteiger partial charge in [0.05, 0.1) is 17.9 Å². The van der Waals surface area contributed by atoms with Crippen LogP contribution in [0.3, 0.4) is 0 Å². The fraction of sp³-hybridized carbons (Fsp3) is 0.667. The van der Waals surface area contributed by atoms with Crippen molar-refractivity contribution in [1.82, 2.24) is 10.3 Å². The van der Waals surface area contributed by atoms with Gasteiger partial charge in [0.2, 0.25) is 0 Å². The normalized spacial score (nSPS) is 25.3. The van der Waals surface area contributed by atoms with Gasteiger partial charge in [0.25, 0.3) is 0 Å². The van der Waals surface area contributed by atoms with Crippen molar-refractivity contribution in [2.24, 2.45) is 0 Å². The molecule has 1 aliphatic heterocycles. The Bertz CT molecular complexity index is 440. The molecule has 1 spiro atoms. The molecule has 3 nitrogen and oxygen atoms in total. The van der Waals surface area contributed by atoms with E-state index >= 15 is 0 Å². The molecule has 98 valence electrons. The predicted octanol–water partition coefficient (Wildman–Crippen LogP) is 2.50. The Kier molecular flexibility index (Phi) is 3.12. The van der Waals surface area contributed by atoms with Crippen LogP contribution < -0.4 is 5.32 Å². The number of hydrogen-bond donors (Lipinski definition) is 1. The number of aryl methyl sites for hydroxylation is 2. The second-order valence-electron chi connectivity index (χ2n) is 5.83. The molecule has 1 saturated carbocycles. The van der Waals surface area contributed by atoms with Gasteiger partial charge in [0, 0.05) is 18.3 Å². The average molecular weight is 246 g/mol. The number of nitrogens with one attached hydrogen (secondary N) is 1. The Labute approximate surface area is 109 Å². The zero-order chi connectivity index (χ0) is 12.6. The van der Waals surface area contributed by atoms with E-state index < -0.39 is 0 Å². The van der Waals surface area contributed by atoms with Gasteiger partial charge in [0.1, 0.15) is 0 Å². The minimum atomic E-state index is 0.244. The Balaban J connectivity index is 1.53. The smallest absolute Gasteiger partial charge is 0.0699 e. The van der Waals surface area contributed by atoms with Gasteiger partial charge in [-0.05, 0) is 51.2 Å². The lowest BCUT2D eigenvalue weighted by Gasteiger charge is -2.37. The lowest BCUT2D eigenvalue weighted by Crippen LogP contribution is -2.37. The maximum Gasteiger partial charge on any atom is 0.0699 e. The van der Waals surface area contributed by atoms with Gasteiger partial charge >= 0.3 is 0 Å². The van der Waals surface area contributed by atoms with Gasteiger partial charge in [-0.1, -0.05) is 6.07 Å². The molecule has 0 radical (unpaired) electrons. The first-order chi connectivity index (χ1) is 8.67. The average Bonchev–Trinajstić information content (AvgIpc) is 2.75. The van der Waals surface area contributed by atoms with E-state index in [0.717, 1.165) is 24.5 Å². The van der Waals surface area contributed by atoms with E-state index in [1.807, 2.05) is 0 Å². The van der Waals surface area contributed by atoms with Crippen molar-refractivity contribution in [2.45, 2.75) is 57.7 Å². The van der Waals surface area contributed by atoms with E-state index in [1.54, 1.807) is 0 Å². The second kappa shape index (κ2) is 4.63. The predicted molar refractivity (Wildman–Crippen MR) is 71.5 cm³/mol. The second-order valence-corrected chi connectivity index (χ2v) is 5.83. The molecule has 1 N–H and O–H groups in total. The highest BCUT2D eigenvalue weighted by atomic mass is 16.5. The molecule has 1 saturated heterocycles. The van der Waals surface area contributed by atoms with Crippen molar-refractivity contribution >= 4 is 0 Å². The molecule has 1 aromatic heterocycles.